The van der Waals surface area contributed by atoms with Crippen LogP contribution in [-0.2, 0) is 15.0 Å². The van der Waals surface area contributed by atoms with Crippen LogP contribution in [0.1, 0.15) is 39.7 Å². The predicted molar refractivity (Wildman–Crippen MR) is 108 cm³/mol. The number of amides is 2. The minimum absolute atomic E-state index is 0.0733. The number of nitrogens with zero attached hydrogens (tertiary/aromatic N) is 1. The van der Waals surface area contributed by atoms with Crippen LogP contribution in [0.3, 0.4) is 0 Å². The van der Waals surface area contributed by atoms with Crippen LogP contribution in [0.4, 0.5) is 11.4 Å². The van der Waals surface area contributed by atoms with Crippen molar-refractivity contribution in [3.05, 3.63) is 59.1 Å². The van der Waals surface area contributed by atoms with E-state index in [1.54, 1.807) is 29.2 Å². The number of nitrogens with one attached hydrogen (secondary N) is 1. The third-order valence-corrected chi connectivity index (χ3v) is 4.31. The molecule has 4 nitrogen and oxygen atoms in total. The molecule has 0 fully saturated rings. The predicted octanol–water partition coefficient (Wildman–Crippen LogP) is 5.02. The van der Waals surface area contributed by atoms with Crippen LogP contribution < -0.4 is 10.2 Å². The van der Waals surface area contributed by atoms with Gasteiger partial charge in [-0.1, -0.05) is 56.6 Å². The summed E-state index contributed by atoms with van der Waals surface area (Å²) >= 11 is 6.01. The lowest BCUT2D eigenvalue weighted by Crippen LogP contribution is -2.32. The van der Waals surface area contributed by atoms with E-state index in [-0.39, 0.29) is 23.7 Å². The van der Waals surface area contributed by atoms with Gasteiger partial charge in [-0.3, -0.25) is 9.59 Å². The first-order chi connectivity index (χ1) is 12.2. The average molecular weight is 373 g/mol. The van der Waals surface area contributed by atoms with Gasteiger partial charge in [0, 0.05) is 36.3 Å². The van der Waals surface area contributed by atoms with Gasteiger partial charge in [-0.2, -0.15) is 0 Å². The number of rotatable bonds is 5. The second-order valence-corrected chi connectivity index (χ2v) is 7.68. The maximum atomic E-state index is 12.4. The lowest BCUT2D eigenvalue weighted by Gasteiger charge is -2.24. The molecule has 0 saturated heterocycles. The van der Waals surface area contributed by atoms with Crippen molar-refractivity contribution in [2.24, 2.45) is 0 Å². The van der Waals surface area contributed by atoms with Gasteiger partial charge in [0.15, 0.2) is 0 Å². The highest BCUT2D eigenvalue weighted by molar-refractivity contribution is 6.30. The Labute approximate surface area is 160 Å². The minimum Gasteiger partial charge on any atom is -0.326 e. The molecule has 2 aromatic rings. The second-order valence-electron chi connectivity index (χ2n) is 7.24. The van der Waals surface area contributed by atoms with Crippen LogP contribution in [0.25, 0.3) is 0 Å². The third-order valence-electron chi connectivity index (χ3n) is 4.07. The summed E-state index contributed by atoms with van der Waals surface area (Å²) in [4.78, 5) is 26.0. The molecule has 2 rings (SSSR count). The monoisotopic (exact) mass is 372 g/mol. The van der Waals surface area contributed by atoms with Crippen molar-refractivity contribution in [1.29, 1.82) is 0 Å². The summed E-state index contributed by atoms with van der Waals surface area (Å²) < 4.78 is 0. The second kappa shape index (κ2) is 8.37. The maximum absolute atomic E-state index is 12.4. The molecule has 0 radical (unpaired) electrons. The molecule has 2 amide bonds. The summed E-state index contributed by atoms with van der Waals surface area (Å²) in [5.74, 6) is -0.259. The van der Waals surface area contributed by atoms with E-state index in [9.17, 15) is 9.59 Å². The van der Waals surface area contributed by atoms with Gasteiger partial charge in [0.05, 0.1) is 0 Å². The van der Waals surface area contributed by atoms with E-state index in [2.05, 4.69) is 26.1 Å². The summed E-state index contributed by atoms with van der Waals surface area (Å²) in [6.07, 6.45) is 0.199. The molecule has 0 spiro atoms. The van der Waals surface area contributed by atoms with Crippen LogP contribution in [0.2, 0.25) is 5.02 Å². The van der Waals surface area contributed by atoms with Gasteiger partial charge in [0.25, 0.3) is 0 Å². The van der Waals surface area contributed by atoms with Crippen LogP contribution in [0, 0.1) is 0 Å². The molecule has 2 aromatic carbocycles. The number of para-hydroxylation sites is 1. The maximum Gasteiger partial charge on any atom is 0.226 e. The topological polar surface area (TPSA) is 49.4 Å². The van der Waals surface area contributed by atoms with Crippen molar-refractivity contribution in [3.63, 3.8) is 0 Å². The molecule has 0 saturated carbocycles. The van der Waals surface area contributed by atoms with Crippen LogP contribution >= 0.6 is 11.6 Å². The summed E-state index contributed by atoms with van der Waals surface area (Å²) in [5, 5.41) is 3.52. The first-order valence-electron chi connectivity index (χ1n) is 8.61. The van der Waals surface area contributed by atoms with Crippen molar-refractivity contribution in [2.45, 2.75) is 39.5 Å². The van der Waals surface area contributed by atoms with Crippen LogP contribution in [0.5, 0.6) is 0 Å². The summed E-state index contributed by atoms with van der Waals surface area (Å²) in [7, 11) is 0. The molecule has 26 heavy (non-hydrogen) atoms. The van der Waals surface area contributed by atoms with Gasteiger partial charge in [-0.25, -0.2) is 0 Å². The summed E-state index contributed by atoms with van der Waals surface area (Å²) in [5.41, 5.74) is 2.50. The number of hydrogen-bond donors (Lipinski definition) is 1. The fraction of sp³-hybridized carbons (Fsp3) is 0.333. The molecule has 0 aliphatic rings. The van der Waals surface area contributed by atoms with E-state index in [0.29, 0.717) is 17.3 Å². The van der Waals surface area contributed by atoms with Gasteiger partial charge in [0.2, 0.25) is 11.8 Å². The SMILES string of the molecule is CC(=O)N(CCC(=O)Nc1ccccc1C(C)(C)C)c1cccc(Cl)c1. The Bertz CT molecular complexity index is 797. The Morgan fingerprint density at radius 3 is 2.38 bits per heavy atom. The number of carbonyl (C=O) groups excluding carboxylic acids is 2. The van der Waals surface area contributed by atoms with Crippen LogP contribution in [0.15, 0.2) is 48.5 Å². The Morgan fingerprint density at radius 1 is 1.08 bits per heavy atom. The number of benzene rings is 2. The Hall–Kier alpha value is -2.33. The van der Waals surface area contributed by atoms with Crippen molar-refractivity contribution in [2.75, 3.05) is 16.8 Å². The van der Waals surface area contributed by atoms with E-state index in [4.69, 9.17) is 11.6 Å². The number of anilines is 2. The molecule has 5 heteroatoms. The quantitative estimate of drug-likeness (QED) is 0.801. The van der Waals surface area contributed by atoms with Gasteiger partial charge < -0.3 is 10.2 Å². The fourth-order valence-electron chi connectivity index (χ4n) is 2.78. The summed E-state index contributed by atoms with van der Waals surface area (Å²) in [6.45, 7) is 8.09. The molecule has 0 aromatic heterocycles. The average Bonchev–Trinajstić information content (AvgIpc) is 2.54. The highest BCUT2D eigenvalue weighted by Gasteiger charge is 2.19. The van der Waals surface area contributed by atoms with Crippen molar-refractivity contribution >= 4 is 34.8 Å². The Balaban J connectivity index is 2.07. The lowest BCUT2D eigenvalue weighted by atomic mass is 9.86. The zero-order valence-electron chi connectivity index (χ0n) is 15.7. The van der Waals surface area contributed by atoms with E-state index in [0.717, 1.165) is 11.3 Å². The number of carbonyl (C=O) groups is 2. The molecule has 0 aliphatic carbocycles. The molecule has 1 N–H and O–H groups in total. The van der Waals surface area contributed by atoms with E-state index >= 15 is 0 Å². The zero-order valence-corrected chi connectivity index (χ0v) is 16.4. The molecular formula is C21H25ClN2O2. The Kier molecular flexibility index (Phi) is 6.43. The summed E-state index contributed by atoms with van der Waals surface area (Å²) in [6, 6.07) is 14.8. The fourth-order valence-corrected chi connectivity index (χ4v) is 2.97. The normalized spacial score (nSPS) is 11.1. The molecule has 0 aliphatic heterocycles. The highest BCUT2D eigenvalue weighted by Crippen LogP contribution is 2.29. The Morgan fingerprint density at radius 2 is 1.77 bits per heavy atom. The molecular weight excluding hydrogens is 348 g/mol. The third kappa shape index (κ3) is 5.33. The van der Waals surface area contributed by atoms with Gasteiger partial charge >= 0.3 is 0 Å². The molecule has 0 bridgehead atoms. The minimum atomic E-state index is -0.130. The van der Waals surface area contributed by atoms with Crippen molar-refractivity contribution < 1.29 is 9.59 Å². The largest absolute Gasteiger partial charge is 0.326 e. The standard InChI is InChI=1S/C21H25ClN2O2/c1-15(25)24(17-9-7-8-16(22)14-17)13-12-20(26)23-19-11-6-5-10-18(19)21(2,3)4/h5-11,14H,12-13H2,1-4H3,(H,23,26). The first-order valence-corrected chi connectivity index (χ1v) is 8.99. The van der Waals surface area contributed by atoms with Gasteiger partial charge in [-0.05, 0) is 35.2 Å². The molecule has 0 atom stereocenters. The van der Waals surface area contributed by atoms with E-state index in [1.807, 2.05) is 24.3 Å². The van der Waals surface area contributed by atoms with E-state index < -0.39 is 0 Å². The van der Waals surface area contributed by atoms with E-state index in [1.165, 1.54) is 6.92 Å². The highest BCUT2D eigenvalue weighted by atomic mass is 35.5. The van der Waals surface area contributed by atoms with Gasteiger partial charge in [-0.15, -0.1) is 0 Å². The molecule has 138 valence electrons. The lowest BCUT2D eigenvalue weighted by molar-refractivity contribution is -0.117. The smallest absolute Gasteiger partial charge is 0.226 e. The first kappa shape index (κ1) is 20.0. The zero-order chi connectivity index (χ0) is 19.3. The molecule has 0 unspecified atom stereocenters. The van der Waals surface area contributed by atoms with Crippen molar-refractivity contribution in [1.82, 2.24) is 0 Å². The molecule has 0 heterocycles. The number of halogens is 1. The van der Waals surface area contributed by atoms with Crippen molar-refractivity contribution in [3.8, 4) is 0 Å². The van der Waals surface area contributed by atoms with Crippen LogP contribution in [-0.4, -0.2) is 18.4 Å². The number of hydrogen-bond acceptors (Lipinski definition) is 2. The van der Waals surface area contributed by atoms with Gasteiger partial charge in [0.1, 0.15) is 0 Å².